The lowest BCUT2D eigenvalue weighted by Gasteiger charge is -2.26. The van der Waals surface area contributed by atoms with Crippen molar-refractivity contribution in [2.75, 3.05) is 6.54 Å². The molecule has 20 heavy (non-hydrogen) atoms. The Labute approximate surface area is 123 Å². The van der Waals surface area contributed by atoms with Crippen LogP contribution in [0.1, 0.15) is 41.9 Å². The summed E-state index contributed by atoms with van der Waals surface area (Å²) in [4.78, 5) is 7.00. The lowest BCUT2D eigenvalue weighted by atomic mass is 9.87. The number of aromatic nitrogens is 2. The summed E-state index contributed by atoms with van der Waals surface area (Å²) in [6.07, 6.45) is 6.41. The topological polar surface area (TPSA) is 49.6 Å². The number of nitrogens with zero attached hydrogens (tertiary/aromatic N) is 2. The minimum atomic E-state index is -0.0847. The molecule has 4 nitrogen and oxygen atoms in total. The molecular formula is C15H23N3OS. The second-order valence-electron chi connectivity index (χ2n) is 5.96. The first kappa shape index (κ1) is 14.0. The molecule has 0 radical (unpaired) electrons. The average Bonchev–Trinajstić information content (AvgIpc) is 2.87. The molecule has 0 spiro atoms. The first-order valence-electron chi connectivity index (χ1n) is 7.46. The van der Waals surface area contributed by atoms with Gasteiger partial charge in [-0.15, -0.1) is 11.3 Å². The van der Waals surface area contributed by atoms with Crippen LogP contribution in [0.25, 0.3) is 4.96 Å². The lowest BCUT2D eigenvalue weighted by molar-refractivity contribution is 0.100. The van der Waals surface area contributed by atoms with Crippen molar-refractivity contribution < 1.29 is 5.11 Å². The highest BCUT2D eigenvalue weighted by atomic mass is 32.1. The highest BCUT2D eigenvalue weighted by molar-refractivity contribution is 7.17. The minimum Gasteiger partial charge on any atom is -0.393 e. The van der Waals surface area contributed by atoms with Crippen molar-refractivity contribution in [2.24, 2.45) is 5.92 Å². The lowest BCUT2D eigenvalue weighted by Crippen LogP contribution is -2.29. The Balaban J connectivity index is 1.60. The van der Waals surface area contributed by atoms with Crippen molar-refractivity contribution in [3.05, 3.63) is 22.5 Å². The first-order chi connectivity index (χ1) is 9.63. The molecule has 2 N–H and O–H groups in total. The number of rotatable bonds is 4. The molecule has 0 aromatic carbocycles. The Kier molecular flexibility index (Phi) is 4.10. The molecule has 0 bridgehead atoms. The van der Waals surface area contributed by atoms with Gasteiger partial charge in [-0.05, 0) is 45.6 Å². The second kappa shape index (κ2) is 5.84. The van der Waals surface area contributed by atoms with Crippen molar-refractivity contribution in [1.82, 2.24) is 14.7 Å². The fourth-order valence-electron chi connectivity index (χ4n) is 3.16. The first-order valence-corrected chi connectivity index (χ1v) is 8.28. The van der Waals surface area contributed by atoms with Gasteiger partial charge < -0.3 is 10.4 Å². The van der Waals surface area contributed by atoms with Gasteiger partial charge in [0.25, 0.3) is 0 Å². The van der Waals surface area contributed by atoms with Gasteiger partial charge >= 0.3 is 0 Å². The maximum atomic E-state index is 9.71. The van der Waals surface area contributed by atoms with Gasteiger partial charge in [-0.25, -0.2) is 4.98 Å². The van der Waals surface area contributed by atoms with Crippen molar-refractivity contribution in [2.45, 2.75) is 52.2 Å². The molecule has 1 aliphatic rings. The van der Waals surface area contributed by atoms with Crippen LogP contribution in [0, 0.1) is 19.8 Å². The van der Waals surface area contributed by atoms with Gasteiger partial charge in [0, 0.05) is 17.6 Å². The molecule has 1 saturated carbocycles. The highest BCUT2D eigenvalue weighted by Crippen LogP contribution is 2.24. The maximum absolute atomic E-state index is 9.71. The van der Waals surface area contributed by atoms with E-state index in [9.17, 15) is 5.11 Å². The number of aryl methyl sites for hydroxylation is 2. The van der Waals surface area contributed by atoms with Crippen LogP contribution in [0.5, 0.6) is 0 Å². The molecule has 5 heteroatoms. The number of imidazole rings is 1. The Morgan fingerprint density at radius 1 is 1.45 bits per heavy atom. The largest absolute Gasteiger partial charge is 0.393 e. The summed E-state index contributed by atoms with van der Waals surface area (Å²) in [6, 6.07) is 0. The number of hydrogen-bond acceptors (Lipinski definition) is 4. The Morgan fingerprint density at radius 2 is 2.30 bits per heavy atom. The Hall–Kier alpha value is -0.910. The van der Waals surface area contributed by atoms with Gasteiger partial charge in [0.15, 0.2) is 4.96 Å². The molecule has 1 fully saturated rings. The summed E-state index contributed by atoms with van der Waals surface area (Å²) in [5, 5.41) is 13.3. The number of hydrogen-bond donors (Lipinski definition) is 2. The smallest absolute Gasteiger partial charge is 0.194 e. The predicted molar refractivity (Wildman–Crippen MR) is 82.2 cm³/mol. The SMILES string of the molecule is Cc1cn2c(CNCC3CCCC(O)C3)c(C)nc2s1. The molecule has 1 aliphatic carbocycles. The van der Waals surface area contributed by atoms with Gasteiger partial charge in [0.05, 0.1) is 17.5 Å². The molecule has 0 amide bonds. The predicted octanol–water partition coefficient (Wildman–Crippen LogP) is 2.65. The highest BCUT2D eigenvalue weighted by Gasteiger charge is 2.20. The quantitative estimate of drug-likeness (QED) is 0.911. The molecular weight excluding hydrogens is 270 g/mol. The van der Waals surface area contributed by atoms with Crippen LogP contribution >= 0.6 is 11.3 Å². The van der Waals surface area contributed by atoms with E-state index in [1.165, 1.54) is 17.0 Å². The summed E-state index contributed by atoms with van der Waals surface area (Å²) in [7, 11) is 0. The normalized spacial score (nSPS) is 23.6. The molecule has 110 valence electrons. The van der Waals surface area contributed by atoms with Crippen LogP contribution < -0.4 is 5.32 Å². The number of aliphatic hydroxyl groups is 1. The Bertz CT molecular complexity index is 589. The third-order valence-electron chi connectivity index (χ3n) is 4.22. The summed E-state index contributed by atoms with van der Waals surface area (Å²) in [5.74, 6) is 0.617. The van der Waals surface area contributed by atoms with Crippen LogP contribution in [0.15, 0.2) is 6.20 Å². The zero-order valence-electron chi connectivity index (χ0n) is 12.2. The van der Waals surface area contributed by atoms with Gasteiger partial charge in [-0.3, -0.25) is 4.40 Å². The zero-order chi connectivity index (χ0) is 14.1. The fraction of sp³-hybridized carbons (Fsp3) is 0.667. The van der Waals surface area contributed by atoms with E-state index < -0.39 is 0 Å². The monoisotopic (exact) mass is 293 g/mol. The van der Waals surface area contributed by atoms with E-state index in [1.807, 2.05) is 0 Å². The second-order valence-corrected chi connectivity index (χ2v) is 7.17. The van der Waals surface area contributed by atoms with Crippen molar-refractivity contribution in [3.8, 4) is 0 Å². The summed E-state index contributed by atoms with van der Waals surface area (Å²) >= 11 is 1.74. The molecule has 2 unspecified atom stereocenters. The van der Waals surface area contributed by atoms with Crippen LogP contribution in [0.3, 0.4) is 0 Å². The summed E-state index contributed by atoms with van der Waals surface area (Å²) < 4.78 is 2.21. The molecule has 2 heterocycles. The molecule has 0 aliphatic heterocycles. The molecule has 3 rings (SSSR count). The Morgan fingerprint density at radius 3 is 3.10 bits per heavy atom. The van der Waals surface area contributed by atoms with Crippen LogP contribution in [0.2, 0.25) is 0 Å². The standard InChI is InChI=1S/C15H23N3OS/c1-10-9-18-14(11(2)17-15(18)20-10)8-16-7-12-4-3-5-13(19)6-12/h9,12-13,16,19H,3-8H2,1-2H3. The van der Waals surface area contributed by atoms with E-state index in [-0.39, 0.29) is 6.10 Å². The third-order valence-corrected chi connectivity index (χ3v) is 5.12. The maximum Gasteiger partial charge on any atom is 0.194 e. The van der Waals surface area contributed by atoms with Crippen molar-refractivity contribution >= 4 is 16.3 Å². The zero-order valence-corrected chi connectivity index (χ0v) is 13.0. The molecule has 0 saturated heterocycles. The van der Waals surface area contributed by atoms with E-state index in [0.717, 1.165) is 43.0 Å². The van der Waals surface area contributed by atoms with Crippen LogP contribution in [0.4, 0.5) is 0 Å². The van der Waals surface area contributed by atoms with Crippen molar-refractivity contribution in [3.63, 3.8) is 0 Å². The minimum absolute atomic E-state index is 0.0847. The summed E-state index contributed by atoms with van der Waals surface area (Å²) in [5.41, 5.74) is 2.38. The molecule has 2 aromatic heterocycles. The van der Waals surface area contributed by atoms with E-state index in [0.29, 0.717) is 5.92 Å². The fourth-order valence-corrected chi connectivity index (χ4v) is 4.05. The van der Waals surface area contributed by atoms with Crippen LogP contribution in [-0.2, 0) is 6.54 Å². The van der Waals surface area contributed by atoms with E-state index >= 15 is 0 Å². The van der Waals surface area contributed by atoms with Crippen LogP contribution in [-0.4, -0.2) is 27.1 Å². The van der Waals surface area contributed by atoms with Gasteiger partial charge in [-0.2, -0.15) is 0 Å². The van der Waals surface area contributed by atoms with Crippen molar-refractivity contribution in [1.29, 1.82) is 0 Å². The van der Waals surface area contributed by atoms with Gasteiger partial charge in [0.1, 0.15) is 0 Å². The molecule has 2 atom stereocenters. The number of fused-ring (bicyclic) bond motifs is 1. The average molecular weight is 293 g/mol. The number of thiazole rings is 1. The number of nitrogens with one attached hydrogen (secondary N) is 1. The van der Waals surface area contributed by atoms with E-state index in [4.69, 9.17) is 0 Å². The molecule has 2 aromatic rings. The summed E-state index contributed by atoms with van der Waals surface area (Å²) in [6.45, 7) is 6.05. The van der Waals surface area contributed by atoms with Gasteiger partial charge in [0.2, 0.25) is 0 Å². The van der Waals surface area contributed by atoms with Gasteiger partial charge in [-0.1, -0.05) is 6.42 Å². The van der Waals surface area contributed by atoms with E-state index in [1.54, 1.807) is 11.3 Å². The number of aliphatic hydroxyl groups excluding tert-OH is 1. The van der Waals surface area contributed by atoms with E-state index in [2.05, 4.69) is 34.7 Å². The third kappa shape index (κ3) is 2.90.